The van der Waals surface area contributed by atoms with Gasteiger partial charge in [-0.05, 0) is 19.3 Å². The molecule has 24 heavy (non-hydrogen) atoms. The van der Waals surface area contributed by atoms with Gasteiger partial charge in [0, 0.05) is 45.5 Å². The number of H-pyrrole nitrogens is 1. The number of aromatic amines is 1. The van der Waals surface area contributed by atoms with Gasteiger partial charge in [-0.1, -0.05) is 0 Å². The molecule has 130 valence electrons. The van der Waals surface area contributed by atoms with E-state index in [9.17, 15) is 19.2 Å². The van der Waals surface area contributed by atoms with Gasteiger partial charge < -0.3 is 14.8 Å². The fraction of sp³-hybridized carbons (Fsp3) is 0.625. The molecule has 2 amide bonds. The number of carbonyl (C=O) groups excluding carboxylic acids is 2. The summed E-state index contributed by atoms with van der Waals surface area (Å²) in [6.45, 7) is 1.71. The highest BCUT2D eigenvalue weighted by atomic mass is 16.2. The first kappa shape index (κ1) is 16.5. The third-order valence-corrected chi connectivity index (χ3v) is 5.25. The number of hydrogen-bond acceptors (Lipinski definition) is 4. The lowest BCUT2D eigenvalue weighted by Crippen LogP contribution is -2.48. The van der Waals surface area contributed by atoms with Gasteiger partial charge >= 0.3 is 5.69 Å². The maximum Gasteiger partial charge on any atom is 0.328 e. The van der Waals surface area contributed by atoms with Crippen LogP contribution < -0.4 is 11.2 Å². The number of carbonyl (C=O) groups is 2. The van der Waals surface area contributed by atoms with Gasteiger partial charge in [0.2, 0.25) is 11.8 Å². The quantitative estimate of drug-likeness (QED) is 0.757. The van der Waals surface area contributed by atoms with Crippen LogP contribution >= 0.6 is 0 Å². The molecule has 1 spiro atoms. The molecule has 2 aliphatic heterocycles. The molecule has 0 saturated carbocycles. The lowest BCUT2D eigenvalue weighted by Gasteiger charge is -2.37. The molecule has 1 aromatic heterocycles. The van der Waals surface area contributed by atoms with Crippen molar-refractivity contribution in [2.24, 2.45) is 12.5 Å². The largest absolute Gasteiger partial charge is 0.345 e. The summed E-state index contributed by atoms with van der Waals surface area (Å²) in [6.07, 6.45) is 3.66. The van der Waals surface area contributed by atoms with Crippen LogP contribution in [-0.4, -0.2) is 57.8 Å². The number of rotatable bonds is 2. The smallest absolute Gasteiger partial charge is 0.328 e. The molecule has 3 heterocycles. The number of likely N-dealkylation sites (tertiary alicyclic amines) is 2. The summed E-state index contributed by atoms with van der Waals surface area (Å²) in [7, 11) is 3.17. The van der Waals surface area contributed by atoms with Crippen LogP contribution in [0.15, 0.2) is 15.8 Å². The Labute approximate surface area is 139 Å². The predicted octanol–water partition coefficient (Wildman–Crippen LogP) is -0.913. The minimum atomic E-state index is -0.507. The first-order valence-corrected chi connectivity index (χ1v) is 8.15. The highest BCUT2D eigenvalue weighted by molar-refractivity contribution is 5.86. The molecule has 2 saturated heterocycles. The van der Waals surface area contributed by atoms with Crippen molar-refractivity contribution < 1.29 is 9.59 Å². The first-order chi connectivity index (χ1) is 11.3. The zero-order valence-electron chi connectivity index (χ0n) is 14.0. The lowest BCUT2D eigenvalue weighted by molar-refractivity contribution is -0.144. The van der Waals surface area contributed by atoms with E-state index in [0.29, 0.717) is 19.5 Å². The van der Waals surface area contributed by atoms with Gasteiger partial charge in [-0.25, -0.2) is 4.79 Å². The highest BCUT2D eigenvalue weighted by Gasteiger charge is 2.48. The van der Waals surface area contributed by atoms with Crippen molar-refractivity contribution in [3.8, 4) is 0 Å². The summed E-state index contributed by atoms with van der Waals surface area (Å²) in [4.78, 5) is 54.3. The van der Waals surface area contributed by atoms with Crippen molar-refractivity contribution in [3.63, 3.8) is 0 Å². The van der Waals surface area contributed by atoms with Crippen molar-refractivity contribution >= 4 is 11.8 Å². The molecule has 1 atom stereocenters. The Balaban J connectivity index is 1.74. The summed E-state index contributed by atoms with van der Waals surface area (Å²) in [5, 5.41) is 0. The number of nitrogens with zero attached hydrogens (tertiary/aromatic N) is 3. The normalized spacial score (nSPS) is 24.0. The zero-order chi connectivity index (χ0) is 17.5. The fourth-order valence-electron chi connectivity index (χ4n) is 3.75. The van der Waals surface area contributed by atoms with Gasteiger partial charge in [0.25, 0.3) is 5.56 Å². The summed E-state index contributed by atoms with van der Waals surface area (Å²) in [5.41, 5.74) is -1.17. The van der Waals surface area contributed by atoms with E-state index in [1.165, 1.54) is 13.2 Å². The van der Waals surface area contributed by atoms with E-state index in [2.05, 4.69) is 4.98 Å². The number of nitrogens with one attached hydrogen (secondary N) is 1. The maximum absolute atomic E-state index is 12.5. The fourth-order valence-corrected chi connectivity index (χ4v) is 3.75. The summed E-state index contributed by atoms with van der Waals surface area (Å²) in [6, 6.07) is 0. The molecule has 8 heteroatoms. The van der Waals surface area contributed by atoms with Gasteiger partial charge in [0.1, 0.15) is 0 Å². The van der Waals surface area contributed by atoms with E-state index >= 15 is 0 Å². The van der Waals surface area contributed by atoms with Gasteiger partial charge in [0.05, 0.1) is 11.8 Å². The summed E-state index contributed by atoms with van der Waals surface area (Å²) in [5.74, 6) is -0.0685. The van der Waals surface area contributed by atoms with E-state index in [1.807, 2.05) is 0 Å². The SMILES string of the molecule is CN1CCC[C@@]2(CCN(C(=O)Cc3c[nH]c(=O)n(C)c3=O)C2)C1=O. The Morgan fingerprint density at radius 1 is 1.21 bits per heavy atom. The van der Waals surface area contributed by atoms with Crippen LogP contribution in [0, 0.1) is 5.41 Å². The monoisotopic (exact) mass is 334 g/mol. The average molecular weight is 334 g/mol. The Bertz CT molecular complexity index is 796. The number of piperidine rings is 1. The van der Waals surface area contributed by atoms with Crippen LogP contribution in [0.1, 0.15) is 24.8 Å². The third-order valence-electron chi connectivity index (χ3n) is 5.25. The van der Waals surface area contributed by atoms with E-state index in [4.69, 9.17) is 0 Å². The first-order valence-electron chi connectivity index (χ1n) is 8.15. The van der Waals surface area contributed by atoms with Gasteiger partial charge in [-0.2, -0.15) is 0 Å². The Hall–Kier alpha value is -2.38. The van der Waals surface area contributed by atoms with Crippen molar-refractivity contribution in [1.29, 1.82) is 0 Å². The van der Waals surface area contributed by atoms with Crippen LogP contribution in [0.3, 0.4) is 0 Å². The second kappa shape index (κ2) is 5.92. The van der Waals surface area contributed by atoms with Crippen molar-refractivity contribution in [2.75, 3.05) is 26.7 Å². The van der Waals surface area contributed by atoms with E-state index in [1.54, 1.807) is 16.8 Å². The van der Waals surface area contributed by atoms with Crippen LogP contribution in [0.4, 0.5) is 0 Å². The topological polar surface area (TPSA) is 95.5 Å². The molecule has 8 nitrogen and oxygen atoms in total. The van der Waals surface area contributed by atoms with E-state index in [-0.39, 0.29) is 23.8 Å². The summed E-state index contributed by atoms with van der Waals surface area (Å²) >= 11 is 0. The molecule has 3 rings (SSSR count). The Kier molecular flexibility index (Phi) is 4.06. The van der Waals surface area contributed by atoms with E-state index < -0.39 is 16.7 Å². The van der Waals surface area contributed by atoms with Crippen LogP contribution in [0.5, 0.6) is 0 Å². The zero-order valence-corrected chi connectivity index (χ0v) is 14.0. The highest BCUT2D eigenvalue weighted by Crippen LogP contribution is 2.39. The predicted molar refractivity (Wildman–Crippen MR) is 86.5 cm³/mol. The lowest BCUT2D eigenvalue weighted by atomic mass is 9.78. The van der Waals surface area contributed by atoms with Crippen LogP contribution in [0.25, 0.3) is 0 Å². The number of hydrogen-bond donors (Lipinski definition) is 1. The molecule has 0 aromatic carbocycles. The molecule has 2 aliphatic rings. The summed E-state index contributed by atoms with van der Waals surface area (Å²) < 4.78 is 0.952. The maximum atomic E-state index is 12.5. The van der Waals surface area contributed by atoms with Crippen LogP contribution in [-0.2, 0) is 23.1 Å². The molecule has 0 bridgehead atoms. The molecular formula is C16H22N4O4. The standard InChI is InChI=1S/C16H22N4O4/c1-18-6-3-4-16(14(18)23)5-7-20(10-16)12(21)8-11-9-17-15(24)19(2)13(11)22/h9H,3-8,10H2,1-2H3,(H,17,24)/t16-/m0/s1. The molecule has 0 radical (unpaired) electrons. The van der Waals surface area contributed by atoms with Gasteiger partial charge in [-0.3, -0.25) is 19.0 Å². The third kappa shape index (κ3) is 2.65. The molecule has 1 N–H and O–H groups in total. The minimum Gasteiger partial charge on any atom is -0.345 e. The minimum absolute atomic E-state index is 0.0659. The molecule has 2 fully saturated rings. The molecule has 0 unspecified atom stereocenters. The second-order valence-corrected chi connectivity index (χ2v) is 6.84. The molecule has 1 aromatic rings. The van der Waals surface area contributed by atoms with Gasteiger partial charge in [0.15, 0.2) is 0 Å². The Morgan fingerprint density at radius 2 is 1.96 bits per heavy atom. The van der Waals surface area contributed by atoms with Crippen molar-refractivity contribution in [1.82, 2.24) is 19.4 Å². The van der Waals surface area contributed by atoms with Crippen LogP contribution in [0.2, 0.25) is 0 Å². The Morgan fingerprint density at radius 3 is 2.71 bits per heavy atom. The van der Waals surface area contributed by atoms with Crippen molar-refractivity contribution in [2.45, 2.75) is 25.7 Å². The number of aromatic nitrogens is 2. The average Bonchev–Trinajstić information content (AvgIpc) is 2.98. The molecule has 0 aliphatic carbocycles. The van der Waals surface area contributed by atoms with Gasteiger partial charge in [-0.15, -0.1) is 0 Å². The second-order valence-electron chi connectivity index (χ2n) is 6.84. The van der Waals surface area contributed by atoms with Crippen molar-refractivity contribution in [3.05, 3.63) is 32.6 Å². The number of amides is 2. The van der Waals surface area contributed by atoms with E-state index in [0.717, 1.165) is 24.0 Å². The molecular weight excluding hydrogens is 312 g/mol.